The lowest BCUT2D eigenvalue weighted by atomic mass is 10.3. The van der Waals surface area contributed by atoms with Gasteiger partial charge in [-0.2, -0.15) is 5.10 Å². The molecule has 0 radical (unpaired) electrons. The summed E-state index contributed by atoms with van der Waals surface area (Å²) in [6.07, 6.45) is -0.116. The summed E-state index contributed by atoms with van der Waals surface area (Å²) >= 11 is 0. The van der Waals surface area contributed by atoms with Crippen molar-refractivity contribution in [3.05, 3.63) is 41.7 Å². The first-order valence-electron chi connectivity index (χ1n) is 6.87. The van der Waals surface area contributed by atoms with Crippen LogP contribution in [0.5, 0.6) is 0 Å². The molecule has 0 aliphatic rings. The normalized spacial score (nSPS) is 10.3. The van der Waals surface area contributed by atoms with Gasteiger partial charge in [-0.3, -0.25) is 4.79 Å². The van der Waals surface area contributed by atoms with Crippen molar-refractivity contribution in [1.82, 2.24) is 15.1 Å². The van der Waals surface area contributed by atoms with E-state index in [-0.39, 0.29) is 13.0 Å². The van der Waals surface area contributed by atoms with Crippen LogP contribution in [0, 0.1) is 13.8 Å². The first-order valence-corrected chi connectivity index (χ1v) is 6.87. The molecule has 0 saturated heterocycles. The van der Waals surface area contributed by atoms with Crippen molar-refractivity contribution in [1.29, 1.82) is 0 Å². The Morgan fingerprint density at radius 1 is 1.23 bits per heavy atom. The second-order valence-electron chi connectivity index (χ2n) is 4.82. The SMILES string of the molecule is Cc1nn(-c2ccccc2)c(C)c1NC(=O)NCCC(=O)O. The van der Waals surface area contributed by atoms with Crippen molar-refractivity contribution in [2.24, 2.45) is 0 Å². The number of anilines is 1. The molecule has 3 N–H and O–H groups in total. The van der Waals surface area contributed by atoms with Gasteiger partial charge in [-0.25, -0.2) is 9.48 Å². The van der Waals surface area contributed by atoms with Crippen LogP contribution >= 0.6 is 0 Å². The minimum Gasteiger partial charge on any atom is -0.481 e. The van der Waals surface area contributed by atoms with Gasteiger partial charge in [-0.05, 0) is 26.0 Å². The van der Waals surface area contributed by atoms with Gasteiger partial charge in [0.2, 0.25) is 0 Å². The number of carbonyl (C=O) groups is 2. The molecule has 1 aromatic carbocycles. The van der Waals surface area contributed by atoms with E-state index in [1.165, 1.54) is 0 Å². The highest BCUT2D eigenvalue weighted by Gasteiger charge is 2.15. The molecule has 0 saturated carbocycles. The standard InChI is InChI=1S/C15H18N4O3/c1-10-14(17-15(22)16-9-8-13(20)21)11(2)19(18-10)12-6-4-3-5-7-12/h3-7H,8-9H2,1-2H3,(H,20,21)(H2,16,17,22). The van der Waals surface area contributed by atoms with E-state index in [2.05, 4.69) is 15.7 Å². The van der Waals surface area contributed by atoms with Crippen molar-refractivity contribution < 1.29 is 14.7 Å². The van der Waals surface area contributed by atoms with E-state index in [1.807, 2.05) is 37.3 Å². The fraction of sp³-hybridized carbons (Fsp3) is 0.267. The summed E-state index contributed by atoms with van der Waals surface area (Å²) in [5.41, 5.74) is 3.02. The average Bonchev–Trinajstić information content (AvgIpc) is 2.76. The number of rotatable bonds is 5. The van der Waals surface area contributed by atoms with E-state index >= 15 is 0 Å². The van der Waals surface area contributed by atoms with Gasteiger partial charge in [0.15, 0.2) is 0 Å². The summed E-state index contributed by atoms with van der Waals surface area (Å²) in [6, 6.07) is 9.16. The number of aliphatic carboxylic acids is 1. The lowest BCUT2D eigenvalue weighted by molar-refractivity contribution is -0.136. The van der Waals surface area contributed by atoms with Gasteiger partial charge in [-0.1, -0.05) is 18.2 Å². The number of hydrogen-bond acceptors (Lipinski definition) is 3. The maximum atomic E-state index is 11.8. The number of para-hydroxylation sites is 1. The predicted molar refractivity (Wildman–Crippen MR) is 82.3 cm³/mol. The van der Waals surface area contributed by atoms with Crippen LogP contribution in [0.1, 0.15) is 17.8 Å². The monoisotopic (exact) mass is 302 g/mol. The molecule has 0 aliphatic carbocycles. The van der Waals surface area contributed by atoms with Gasteiger partial charge >= 0.3 is 12.0 Å². The van der Waals surface area contributed by atoms with Gasteiger partial charge in [-0.15, -0.1) is 0 Å². The number of carbonyl (C=O) groups excluding carboxylic acids is 1. The minimum atomic E-state index is -0.954. The van der Waals surface area contributed by atoms with E-state index in [0.29, 0.717) is 11.4 Å². The molecule has 2 rings (SSSR count). The van der Waals surface area contributed by atoms with E-state index in [0.717, 1.165) is 11.4 Å². The number of aryl methyl sites for hydroxylation is 1. The third kappa shape index (κ3) is 3.63. The number of carboxylic acid groups (broad SMARTS) is 1. The predicted octanol–water partition coefficient (Wildman–Crippen LogP) is 2.09. The maximum Gasteiger partial charge on any atom is 0.319 e. The van der Waals surface area contributed by atoms with Gasteiger partial charge in [0, 0.05) is 6.54 Å². The number of urea groups is 1. The topological polar surface area (TPSA) is 96.3 Å². The molecule has 1 heterocycles. The zero-order valence-electron chi connectivity index (χ0n) is 12.5. The van der Waals surface area contributed by atoms with Crippen LogP contribution in [0.2, 0.25) is 0 Å². The number of nitrogens with one attached hydrogen (secondary N) is 2. The van der Waals surface area contributed by atoms with Gasteiger partial charge in [0.05, 0.1) is 29.2 Å². The Morgan fingerprint density at radius 3 is 2.55 bits per heavy atom. The van der Waals surface area contributed by atoms with Crippen LogP contribution in [0.3, 0.4) is 0 Å². The molecule has 116 valence electrons. The third-order valence-corrected chi connectivity index (χ3v) is 3.16. The molecule has 0 unspecified atom stereocenters. The number of aromatic nitrogens is 2. The van der Waals surface area contributed by atoms with Gasteiger partial charge < -0.3 is 15.7 Å². The second-order valence-corrected chi connectivity index (χ2v) is 4.82. The van der Waals surface area contributed by atoms with Crippen LogP contribution in [0.15, 0.2) is 30.3 Å². The third-order valence-electron chi connectivity index (χ3n) is 3.16. The van der Waals surface area contributed by atoms with E-state index in [1.54, 1.807) is 11.6 Å². The molecule has 2 aromatic rings. The van der Waals surface area contributed by atoms with Crippen LogP contribution in [-0.4, -0.2) is 33.4 Å². The van der Waals surface area contributed by atoms with Gasteiger partial charge in [0.25, 0.3) is 0 Å². The van der Waals surface area contributed by atoms with Crippen molar-refractivity contribution in [2.45, 2.75) is 20.3 Å². The second kappa shape index (κ2) is 6.75. The number of hydrogen-bond donors (Lipinski definition) is 3. The Labute approximate surface area is 128 Å². The highest BCUT2D eigenvalue weighted by atomic mass is 16.4. The van der Waals surface area contributed by atoms with E-state index in [4.69, 9.17) is 5.11 Å². The molecule has 0 fully saturated rings. The molecule has 0 atom stereocenters. The zero-order chi connectivity index (χ0) is 16.1. The molecular formula is C15H18N4O3. The zero-order valence-corrected chi connectivity index (χ0v) is 12.5. The number of nitrogens with zero attached hydrogens (tertiary/aromatic N) is 2. The van der Waals surface area contributed by atoms with Crippen LogP contribution in [0.4, 0.5) is 10.5 Å². The Bertz CT molecular complexity index is 680. The van der Waals surface area contributed by atoms with E-state index in [9.17, 15) is 9.59 Å². The van der Waals surface area contributed by atoms with Crippen molar-refractivity contribution in [3.63, 3.8) is 0 Å². The smallest absolute Gasteiger partial charge is 0.319 e. The minimum absolute atomic E-state index is 0.0755. The molecule has 0 aliphatic heterocycles. The molecule has 0 spiro atoms. The lowest BCUT2D eigenvalue weighted by Gasteiger charge is -2.08. The molecule has 7 heteroatoms. The average molecular weight is 302 g/mol. The lowest BCUT2D eigenvalue weighted by Crippen LogP contribution is -2.30. The Morgan fingerprint density at radius 2 is 1.91 bits per heavy atom. The van der Waals surface area contributed by atoms with Crippen LogP contribution in [-0.2, 0) is 4.79 Å². The summed E-state index contributed by atoms with van der Waals surface area (Å²) in [5.74, 6) is -0.954. The number of carboxylic acids is 1. The van der Waals surface area contributed by atoms with Crippen molar-refractivity contribution in [3.8, 4) is 5.69 Å². The number of benzene rings is 1. The van der Waals surface area contributed by atoms with Crippen LogP contribution < -0.4 is 10.6 Å². The molecule has 22 heavy (non-hydrogen) atoms. The maximum absolute atomic E-state index is 11.8. The summed E-state index contributed by atoms with van der Waals surface area (Å²) in [6.45, 7) is 3.74. The molecule has 2 amide bonds. The quantitative estimate of drug-likeness (QED) is 0.788. The molecule has 7 nitrogen and oxygen atoms in total. The van der Waals surface area contributed by atoms with E-state index < -0.39 is 12.0 Å². The Balaban J connectivity index is 2.11. The Hall–Kier alpha value is -2.83. The summed E-state index contributed by atoms with van der Waals surface area (Å²) < 4.78 is 1.75. The fourth-order valence-electron chi connectivity index (χ4n) is 2.08. The Kier molecular flexibility index (Phi) is 4.77. The number of amides is 2. The highest BCUT2D eigenvalue weighted by molar-refractivity contribution is 5.90. The highest BCUT2D eigenvalue weighted by Crippen LogP contribution is 2.22. The van der Waals surface area contributed by atoms with Crippen molar-refractivity contribution >= 4 is 17.7 Å². The summed E-state index contributed by atoms with van der Waals surface area (Å²) in [4.78, 5) is 22.2. The first kappa shape index (κ1) is 15.6. The largest absolute Gasteiger partial charge is 0.481 e. The summed E-state index contributed by atoms with van der Waals surface area (Å²) in [5, 5.41) is 18.2. The fourth-order valence-corrected chi connectivity index (χ4v) is 2.08. The van der Waals surface area contributed by atoms with Crippen molar-refractivity contribution in [2.75, 3.05) is 11.9 Å². The molecular weight excluding hydrogens is 284 g/mol. The molecule has 1 aromatic heterocycles. The van der Waals surface area contributed by atoms with Gasteiger partial charge in [0.1, 0.15) is 0 Å². The van der Waals surface area contributed by atoms with Crippen LogP contribution in [0.25, 0.3) is 5.69 Å². The molecule has 0 bridgehead atoms. The summed E-state index contributed by atoms with van der Waals surface area (Å²) in [7, 11) is 0. The first-order chi connectivity index (χ1) is 10.5.